The minimum Gasteiger partial charge on any atom is -0.461 e. The molecule has 1 fully saturated rings. The van der Waals surface area contributed by atoms with Gasteiger partial charge < -0.3 is 4.74 Å². The first kappa shape index (κ1) is 16.7. The van der Waals surface area contributed by atoms with Crippen molar-refractivity contribution in [1.29, 1.82) is 0 Å². The number of hydrogen-bond acceptors (Lipinski definition) is 3. The molecule has 2 unspecified atom stereocenters. The summed E-state index contributed by atoms with van der Waals surface area (Å²) in [5, 5.41) is 0. The van der Waals surface area contributed by atoms with Crippen molar-refractivity contribution in [3.63, 3.8) is 0 Å². The number of carbonyl (C=O) groups excluding carboxylic acids is 2. The molecule has 0 spiro atoms. The van der Waals surface area contributed by atoms with Crippen molar-refractivity contribution in [3.8, 4) is 0 Å². The highest BCUT2D eigenvalue weighted by atomic mass is 16.5. The van der Waals surface area contributed by atoms with Crippen LogP contribution in [0.2, 0.25) is 0 Å². The van der Waals surface area contributed by atoms with E-state index in [-0.39, 0.29) is 17.8 Å². The van der Waals surface area contributed by atoms with E-state index in [1.54, 1.807) is 0 Å². The number of hydrogen-bond donors (Lipinski definition) is 0. The van der Waals surface area contributed by atoms with Crippen molar-refractivity contribution in [3.05, 3.63) is 24.3 Å². The second-order valence-electron chi connectivity index (χ2n) is 5.25. The predicted molar refractivity (Wildman–Crippen MR) is 80.3 cm³/mol. The van der Waals surface area contributed by atoms with E-state index in [1.807, 2.05) is 19.1 Å². The van der Waals surface area contributed by atoms with Crippen LogP contribution >= 0.6 is 0 Å². The minimum absolute atomic E-state index is 0.0107. The van der Waals surface area contributed by atoms with Gasteiger partial charge in [-0.05, 0) is 31.6 Å². The van der Waals surface area contributed by atoms with E-state index < -0.39 is 0 Å². The van der Waals surface area contributed by atoms with Gasteiger partial charge in [-0.25, -0.2) is 0 Å². The van der Waals surface area contributed by atoms with Crippen LogP contribution in [0.1, 0.15) is 52.4 Å². The van der Waals surface area contributed by atoms with Gasteiger partial charge in [-0.15, -0.1) is 0 Å². The number of rotatable bonds is 8. The molecule has 1 aliphatic rings. The highest BCUT2D eigenvalue weighted by Crippen LogP contribution is 2.34. The van der Waals surface area contributed by atoms with Gasteiger partial charge in [-0.3, -0.25) is 9.59 Å². The van der Waals surface area contributed by atoms with Crippen LogP contribution in [0.3, 0.4) is 0 Å². The Morgan fingerprint density at radius 1 is 1.20 bits per heavy atom. The molecule has 1 saturated carbocycles. The zero-order chi connectivity index (χ0) is 14.8. The molecule has 1 rings (SSSR count). The second-order valence-corrected chi connectivity index (χ2v) is 5.25. The molecule has 0 N–H and O–H groups in total. The van der Waals surface area contributed by atoms with E-state index in [9.17, 15) is 9.59 Å². The van der Waals surface area contributed by atoms with Gasteiger partial charge >= 0.3 is 5.97 Å². The van der Waals surface area contributed by atoms with E-state index in [0.717, 1.165) is 25.7 Å². The normalized spacial score (nSPS) is 23.0. The van der Waals surface area contributed by atoms with Gasteiger partial charge in [0.05, 0.1) is 0 Å². The van der Waals surface area contributed by atoms with Gasteiger partial charge in [0.1, 0.15) is 12.4 Å². The van der Waals surface area contributed by atoms with Crippen LogP contribution in [0.15, 0.2) is 24.3 Å². The molecular weight excluding hydrogens is 252 g/mol. The lowest BCUT2D eigenvalue weighted by atomic mass is 9.89. The maximum absolute atomic E-state index is 11.9. The van der Waals surface area contributed by atoms with Crippen molar-refractivity contribution >= 4 is 11.8 Å². The van der Waals surface area contributed by atoms with E-state index in [1.165, 1.54) is 0 Å². The largest absolute Gasteiger partial charge is 0.461 e. The molecule has 112 valence electrons. The monoisotopic (exact) mass is 278 g/mol. The predicted octanol–water partition coefficient (Wildman–Crippen LogP) is 3.84. The van der Waals surface area contributed by atoms with E-state index in [2.05, 4.69) is 19.1 Å². The Morgan fingerprint density at radius 2 is 1.90 bits per heavy atom. The van der Waals surface area contributed by atoms with Crippen LogP contribution in [0.5, 0.6) is 0 Å². The third-order valence-corrected chi connectivity index (χ3v) is 3.71. The number of esters is 1. The number of carbonyl (C=O) groups is 2. The quantitative estimate of drug-likeness (QED) is 0.500. The fourth-order valence-electron chi connectivity index (χ4n) is 2.60. The lowest BCUT2D eigenvalue weighted by Gasteiger charge is -2.15. The Labute approximate surface area is 122 Å². The lowest BCUT2D eigenvalue weighted by Crippen LogP contribution is -2.18. The molecule has 0 aromatic carbocycles. The van der Waals surface area contributed by atoms with Gasteiger partial charge in [0, 0.05) is 18.8 Å². The van der Waals surface area contributed by atoms with Crippen LogP contribution in [-0.4, -0.2) is 18.4 Å². The first-order chi connectivity index (χ1) is 9.69. The first-order valence-electron chi connectivity index (χ1n) is 7.67. The summed E-state index contributed by atoms with van der Waals surface area (Å²) in [5.74, 6) is 0.285. The molecule has 0 aromatic heterocycles. The lowest BCUT2D eigenvalue weighted by molar-refractivity contribution is -0.143. The molecule has 0 aromatic rings. The molecule has 0 bridgehead atoms. The Hall–Kier alpha value is -1.38. The van der Waals surface area contributed by atoms with Gasteiger partial charge in [0.25, 0.3) is 0 Å². The van der Waals surface area contributed by atoms with Crippen LogP contribution in [0.25, 0.3) is 0 Å². The Bertz CT molecular complexity index is 368. The van der Waals surface area contributed by atoms with E-state index in [4.69, 9.17) is 4.74 Å². The van der Waals surface area contributed by atoms with Crippen molar-refractivity contribution in [2.24, 2.45) is 11.8 Å². The summed E-state index contributed by atoms with van der Waals surface area (Å²) in [7, 11) is 0. The topological polar surface area (TPSA) is 43.4 Å². The number of Topliss-reactive ketones (excluding diaryl/α,β-unsaturated/α-hetero) is 1. The highest BCUT2D eigenvalue weighted by Gasteiger charge is 2.35. The third kappa shape index (κ3) is 5.72. The standard InChI is InChI=1S/C17H26O3/c1-3-5-7-9-15-14(10-11-16(15)18)13-17(19)20-12-8-6-4-2/h5-8,14-15H,3-4,9-13H2,1-2H3. The van der Waals surface area contributed by atoms with Gasteiger partial charge in [-0.2, -0.15) is 0 Å². The number of ether oxygens (including phenoxy) is 1. The Balaban J connectivity index is 2.40. The summed E-state index contributed by atoms with van der Waals surface area (Å²) in [4.78, 5) is 23.6. The highest BCUT2D eigenvalue weighted by molar-refractivity contribution is 5.84. The van der Waals surface area contributed by atoms with Gasteiger partial charge in [0.2, 0.25) is 0 Å². The maximum Gasteiger partial charge on any atom is 0.306 e. The smallest absolute Gasteiger partial charge is 0.306 e. The second kappa shape index (κ2) is 9.51. The van der Waals surface area contributed by atoms with Crippen molar-refractivity contribution in [2.75, 3.05) is 6.61 Å². The summed E-state index contributed by atoms with van der Waals surface area (Å²) in [5.41, 5.74) is 0. The molecule has 3 heteroatoms. The molecule has 0 amide bonds. The third-order valence-electron chi connectivity index (χ3n) is 3.71. The fraction of sp³-hybridized carbons (Fsp3) is 0.647. The van der Waals surface area contributed by atoms with Gasteiger partial charge in [-0.1, -0.05) is 38.2 Å². The summed E-state index contributed by atoms with van der Waals surface area (Å²) in [6.07, 6.45) is 12.5. The summed E-state index contributed by atoms with van der Waals surface area (Å²) < 4.78 is 5.16. The Morgan fingerprint density at radius 3 is 2.60 bits per heavy atom. The van der Waals surface area contributed by atoms with Crippen molar-refractivity contribution in [2.45, 2.75) is 52.4 Å². The summed E-state index contributed by atoms with van der Waals surface area (Å²) in [6, 6.07) is 0. The molecule has 0 saturated heterocycles. The molecule has 3 nitrogen and oxygen atoms in total. The van der Waals surface area contributed by atoms with Crippen LogP contribution in [0, 0.1) is 11.8 Å². The Kier molecular flexibility index (Phi) is 7.93. The summed E-state index contributed by atoms with van der Waals surface area (Å²) in [6.45, 7) is 4.45. The molecular formula is C17H26O3. The van der Waals surface area contributed by atoms with Crippen molar-refractivity contribution in [1.82, 2.24) is 0 Å². The molecule has 0 heterocycles. The molecule has 20 heavy (non-hydrogen) atoms. The molecule has 0 aliphatic heterocycles. The van der Waals surface area contributed by atoms with Crippen molar-refractivity contribution < 1.29 is 14.3 Å². The van der Waals surface area contributed by atoms with Gasteiger partial charge in [0.15, 0.2) is 0 Å². The SMILES string of the molecule is CCC=CCOC(=O)CC1CCC(=O)C1CC=CCC. The average Bonchev–Trinajstić information content (AvgIpc) is 2.77. The van der Waals surface area contributed by atoms with Crippen LogP contribution in [0.4, 0.5) is 0 Å². The zero-order valence-corrected chi connectivity index (χ0v) is 12.6. The average molecular weight is 278 g/mol. The maximum atomic E-state index is 11.9. The summed E-state index contributed by atoms with van der Waals surface area (Å²) >= 11 is 0. The molecule has 2 atom stereocenters. The first-order valence-corrected chi connectivity index (χ1v) is 7.67. The molecule has 0 radical (unpaired) electrons. The minimum atomic E-state index is -0.185. The number of ketones is 1. The molecule has 1 aliphatic carbocycles. The number of allylic oxidation sites excluding steroid dienone is 3. The zero-order valence-electron chi connectivity index (χ0n) is 12.6. The van der Waals surface area contributed by atoms with Crippen LogP contribution in [-0.2, 0) is 14.3 Å². The fourth-order valence-corrected chi connectivity index (χ4v) is 2.60. The van der Waals surface area contributed by atoms with Crippen LogP contribution < -0.4 is 0 Å². The van der Waals surface area contributed by atoms with E-state index >= 15 is 0 Å². The van der Waals surface area contributed by atoms with E-state index in [0.29, 0.717) is 25.2 Å².